The lowest BCUT2D eigenvalue weighted by Crippen LogP contribution is -2.49. The average Bonchev–Trinajstić information content (AvgIpc) is 3.05. The Bertz CT molecular complexity index is 686. The molecule has 25 heavy (non-hydrogen) atoms. The van der Waals surface area contributed by atoms with E-state index >= 15 is 0 Å². The van der Waals surface area contributed by atoms with Crippen molar-refractivity contribution in [2.24, 2.45) is 5.41 Å². The highest BCUT2D eigenvalue weighted by Crippen LogP contribution is 2.36. The Balaban J connectivity index is 1.84. The molecular weight excluding hydrogens is 312 g/mol. The molecule has 0 spiro atoms. The van der Waals surface area contributed by atoms with E-state index in [4.69, 9.17) is 9.47 Å². The molecule has 1 aromatic heterocycles. The minimum absolute atomic E-state index is 0.0653. The quantitative estimate of drug-likeness (QED) is 0.816. The van der Waals surface area contributed by atoms with Crippen LogP contribution >= 0.6 is 0 Å². The number of aryl methyl sites for hydroxylation is 4. The molecule has 0 bridgehead atoms. The largest absolute Gasteiger partial charge is 0.349 e. The summed E-state index contributed by atoms with van der Waals surface area (Å²) in [5, 5.41) is 0. The van der Waals surface area contributed by atoms with E-state index in [9.17, 15) is 0 Å². The highest BCUT2D eigenvalue weighted by Gasteiger charge is 2.41. The molecular formula is C21H30N2O2. The van der Waals surface area contributed by atoms with E-state index in [1.165, 1.54) is 22.3 Å². The molecule has 136 valence electrons. The van der Waals surface area contributed by atoms with Crippen LogP contribution in [0.2, 0.25) is 0 Å². The summed E-state index contributed by atoms with van der Waals surface area (Å²) >= 11 is 0. The van der Waals surface area contributed by atoms with Crippen LogP contribution in [0, 0.1) is 26.2 Å². The normalized spacial score (nSPS) is 19.1. The predicted octanol–water partition coefficient (Wildman–Crippen LogP) is 4.21. The van der Waals surface area contributed by atoms with Gasteiger partial charge in [-0.15, -0.1) is 0 Å². The Morgan fingerprint density at radius 2 is 1.72 bits per heavy atom. The van der Waals surface area contributed by atoms with Crippen molar-refractivity contribution in [3.05, 3.63) is 53.1 Å². The van der Waals surface area contributed by atoms with Gasteiger partial charge in [0.15, 0.2) is 5.79 Å². The molecule has 4 heteroatoms. The van der Waals surface area contributed by atoms with Crippen molar-refractivity contribution in [2.45, 2.75) is 59.8 Å². The Kier molecular flexibility index (Phi) is 5.03. The highest BCUT2D eigenvalue weighted by atomic mass is 16.7. The number of ether oxygens (including phenoxy) is 2. The molecule has 0 saturated carbocycles. The maximum Gasteiger partial charge on any atom is 0.174 e. The van der Waals surface area contributed by atoms with Crippen LogP contribution in [0.4, 0.5) is 0 Å². The summed E-state index contributed by atoms with van der Waals surface area (Å²) in [5.41, 5.74) is 5.34. The Labute approximate surface area is 151 Å². The zero-order valence-electron chi connectivity index (χ0n) is 16.1. The lowest BCUT2D eigenvalue weighted by molar-refractivity contribution is -0.302. The van der Waals surface area contributed by atoms with Gasteiger partial charge in [-0.3, -0.25) is 0 Å². The van der Waals surface area contributed by atoms with Crippen molar-refractivity contribution in [3.8, 4) is 0 Å². The van der Waals surface area contributed by atoms with E-state index in [0.29, 0.717) is 0 Å². The van der Waals surface area contributed by atoms with Crippen molar-refractivity contribution in [1.82, 2.24) is 9.55 Å². The van der Waals surface area contributed by atoms with Gasteiger partial charge >= 0.3 is 0 Å². The van der Waals surface area contributed by atoms with Gasteiger partial charge in [0.2, 0.25) is 0 Å². The molecule has 0 aliphatic carbocycles. The molecule has 0 N–H and O–H groups in total. The summed E-state index contributed by atoms with van der Waals surface area (Å²) in [6.45, 7) is 13.2. The van der Waals surface area contributed by atoms with Gasteiger partial charge in [0.25, 0.3) is 0 Å². The van der Waals surface area contributed by atoms with Crippen LogP contribution < -0.4 is 0 Å². The van der Waals surface area contributed by atoms with Crippen molar-refractivity contribution < 1.29 is 9.47 Å². The van der Waals surface area contributed by atoms with Gasteiger partial charge < -0.3 is 14.0 Å². The minimum Gasteiger partial charge on any atom is -0.349 e. The second-order valence-corrected chi connectivity index (χ2v) is 8.26. The molecule has 0 atom stereocenters. The van der Waals surface area contributed by atoms with Crippen molar-refractivity contribution in [2.75, 3.05) is 13.2 Å². The molecule has 2 aromatic rings. The fraction of sp³-hybridized carbons (Fsp3) is 0.571. The van der Waals surface area contributed by atoms with Crippen LogP contribution in [-0.4, -0.2) is 28.6 Å². The summed E-state index contributed by atoms with van der Waals surface area (Å²) in [6.07, 6.45) is 7.25. The summed E-state index contributed by atoms with van der Waals surface area (Å²) in [5.74, 6) is -0.565. The lowest BCUT2D eigenvalue weighted by Gasteiger charge is -2.44. The zero-order valence-corrected chi connectivity index (χ0v) is 16.1. The summed E-state index contributed by atoms with van der Waals surface area (Å²) in [4.78, 5) is 4.13. The van der Waals surface area contributed by atoms with E-state index in [0.717, 1.165) is 32.6 Å². The molecule has 1 aliphatic heterocycles. The first-order chi connectivity index (χ1) is 11.8. The number of nitrogens with zero attached hydrogens (tertiary/aromatic N) is 2. The van der Waals surface area contributed by atoms with E-state index < -0.39 is 5.79 Å². The van der Waals surface area contributed by atoms with Crippen LogP contribution in [-0.2, 0) is 22.4 Å². The molecule has 4 nitrogen and oxygen atoms in total. The first kappa shape index (κ1) is 18.2. The second-order valence-electron chi connectivity index (χ2n) is 8.26. The van der Waals surface area contributed by atoms with E-state index in [2.05, 4.69) is 56.3 Å². The Morgan fingerprint density at radius 3 is 2.28 bits per heavy atom. The first-order valence-electron chi connectivity index (χ1n) is 9.09. The molecule has 3 rings (SSSR count). The number of aromatic nitrogens is 2. The van der Waals surface area contributed by atoms with Gasteiger partial charge in [0.1, 0.15) is 0 Å². The van der Waals surface area contributed by atoms with E-state index in [-0.39, 0.29) is 5.41 Å². The Morgan fingerprint density at radius 1 is 1.08 bits per heavy atom. The second kappa shape index (κ2) is 6.93. The molecule has 1 aromatic carbocycles. The number of hydrogen-bond acceptors (Lipinski definition) is 3. The molecule has 1 fully saturated rings. The minimum atomic E-state index is -0.565. The maximum atomic E-state index is 6.37. The van der Waals surface area contributed by atoms with Crippen LogP contribution in [0.25, 0.3) is 0 Å². The molecule has 1 aliphatic rings. The van der Waals surface area contributed by atoms with Gasteiger partial charge in [0.05, 0.1) is 19.5 Å². The van der Waals surface area contributed by atoms with Crippen molar-refractivity contribution in [3.63, 3.8) is 0 Å². The first-order valence-corrected chi connectivity index (χ1v) is 9.09. The van der Waals surface area contributed by atoms with Gasteiger partial charge in [-0.1, -0.05) is 31.5 Å². The van der Waals surface area contributed by atoms with E-state index in [1.807, 2.05) is 18.7 Å². The third-order valence-corrected chi connectivity index (χ3v) is 5.05. The van der Waals surface area contributed by atoms with Gasteiger partial charge in [-0.2, -0.15) is 0 Å². The molecule has 0 radical (unpaired) electrons. The predicted molar refractivity (Wildman–Crippen MR) is 99.6 cm³/mol. The smallest absolute Gasteiger partial charge is 0.174 e. The molecule has 0 amide bonds. The maximum absolute atomic E-state index is 6.37. The van der Waals surface area contributed by atoms with Crippen molar-refractivity contribution >= 4 is 0 Å². The van der Waals surface area contributed by atoms with Gasteiger partial charge in [-0.25, -0.2) is 4.98 Å². The third kappa shape index (κ3) is 4.31. The van der Waals surface area contributed by atoms with Crippen LogP contribution in [0.3, 0.4) is 0 Å². The highest BCUT2D eigenvalue weighted by molar-refractivity contribution is 5.38. The molecule has 2 heterocycles. The van der Waals surface area contributed by atoms with Crippen molar-refractivity contribution in [1.29, 1.82) is 0 Å². The SMILES string of the molecule is Cc1cc(C)c(CC2(CCn3ccnc3)OCC(C)(C)CO2)c(C)c1. The van der Waals surface area contributed by atoms with Gasteiger partial charge in [0, 0.05) is 37.2 Å². The summed E-state index contributed by atoms with van der Waals surface area (Å²) in [6, 6.07) is 4.50. The average molecular weight is 342 g/mol. The van der Waals surface area contributed by atoms with Crippen LogP contribution in [0.5, 0.6) is 0 Å². The van der Waals surface area contributed by atoms with Crippen LogP contribution in [0.1, 0.15) is 42.5 Å². The fourth-order valence-electron chi connectivity index (χ4n) is 3.55. The zero-order chi connectivity index (χ0) is 18.1. The lowest BCUT2D eigenvalue weighted by atomic mass is 9.89. The van der Waals surface area contributed by atoms with E-state index in [1.54, 1.807) is 0 Å². The molecule has 0 unspecified atom stereocenters. The number of rotatable bonds is 5. The monoisotopic (exact) mass is 342 g/mol. The van der Waals surface area contributed by atoms with Crippen LogP contribution in [0.15, 0.2) is 30.9 Å². The molecule has 1 saturated heterocycles. The number of imidazole rings is 1. The topological polar surface area (TPSA) is 36.3 Å². The number of benzene rings is 1. The Hall–Kier alpha value is -1.65. The standard InChI is InChI=1S/C21H30N2O2/c1-16-10-17(2)19(18(3)11-16)12-21(6-8-23-9-7-22-15-23)24-13-20(4,5)14-25-21/h7,9-11,15H,6,8,12-14H2,1-5H3. The summed E-state index contributed by atoms with van der Waals surface area (Å²) in [7, 11) is 0. The number of hydrogen-bond donors (Lipinski definition) is 0. The fourth-order valence-corrected chi connectivity index (χ4v) is 3.55. The third-order valence-electron chi connectivity index (χ3n) is 5.05. The summed E-state index contributed by atoms with van der Waals surface area (Å²) < 4.78 is 14.8. The van der Waals surface area contributed by atoms with Gasteiger partial charge in [-0.05, 0) is 37.5 Å².